The SMILES string of the molecule is CCCCCCCCSCC(C)C(=O)OCCOC(=O)CCN(CCNCCN(CCC(=O)OCCOC(=O)C(C)CSCCCCCCCC)CCN(CCC(=O)OCCOC(=O)C(C)CSCCCCCCCC)CCN(CCC(=O)OCCOC(=O)C(C)CSCCCCCCCC)CCC(=O)OCCOC(=O)C(C)CSCCCCCCCC)CCC(=O)OCCOC(=O)C(C)CSCCCCCCCC. The number of carbonyl (C=O) groups excluding carboxylic acids is 12. The second-order valence-corrected chi connectivity index (χ2v) is 45.3. The van der Waals surface area contributed by atoms with E-state index in [1.165, 1.54) is 180 Å². The van der Waals surface area contributed by atoms with Crippen LogP contribution in [0.4, 0.5) is 0 Å². The quantitative estimate of drug-likeness (QED) is 0.0336. The number of ether oxygens (including phenoxy) is 12. The lowest BCUT2D eigenvalue weighted by atomic mass is 10.1. The van der Waals surface area contributed by atoms with Gasteiger partial charge >= 0.3 is 71.6 Å². The van der Waals surface area contributed by atoms with Gasteiger partial charge in [-0.2, -0.15) is 70.6 Å². The fraction of sp³-hybridized carbons (Fsp3) is 0.891. The predicted molar refractivity (Wildman–Crippen MR) is 597 cm³/mol. The number of hydrogen-bond donors (Lipinski definition) is 1. The van der Waals surface area contributed by atoms with Crippen LogP contribution >= 0.6 is 70.6 Å². The monoisotopic (exact) mass is 2170 g/mol. The molecule has 0 amide bonds. The van der Waals surface area contributed by atoms with E-state index in [1.807, 2.05) is 56.2 Å². The van der Waals surface area contributed by atoms with Crippen molar-refractivity contribution in [3.05, 3.63) is 0 Å². The molecule has 0 aromatic rings. The standard InChI is InChI=1S/C110H203N5O24S6/c1-13-19-25-31-37-43-81-140-87-93(7)105(122)134-75-69-128-99(116)49-57-112(58-50-100(117)129-70-76-135-106(123)94(8)88-141-82-44-38-32-26-20-14-2)63-55-111-56-64-114(61-53-103(120)132-73-79-138-109(126)97(11)91-144-85-47-41-35-29-23-17-5)66-68-115(62-54-104(121)133-74-80-139-110(127)98(12)92-145-86-48-42-36-30-24-18-6)67-65-113(59-51-101(118)130-71-77-136-107(124)95(9)89-142-83-45-39-33-27-21-15-3)60-52-102(119)131-72-78-137-108(125)96(10)90-143-84-46-40-34-28-22-16-4/h93-98,111H,13-92H2,1-12H3. The maximum absolute atomic E-state index is 13.8. The number of nitrogens with one attached hydrogen (secondary N) is 1. The minimum Gasteiger partial charge on any atom is -0.462 e. The van der Waals surface area contributed by atoms with Crippen LogP contribution in [0.3, 0.4) is 0 Å². The van der Waals surface area contributed by atoms with Gasteiger partial charge in [-0.1, -0.05) is 276 Å². The Morgan fingerprint density at radius 2 is 0.324 bits per heavy atom. The molecule has 0 bridgehead atoms. The van der Waals surface area contributed by atoms with Gasteiger partial charge in [-0.3, -0.25) is 57.5 Å². The van der Waals surface area contributed by atoms with Crippen LogP contribution in [0.2, 0.25) is 0 Å². The summed E-state index contributed by atoms with van der Waals surface area (Å²) in [6.07, 6.45) is 42.5. The minimum absolute atomic E-state index is 0.0423. The molecule has 145 heavy (non-hydrogen) atoms. The predicted octanol–water partition coefficient (Wildman–Crippen LogP) is 21.0. The highest BCUT2D eigenvalue weighted by Crippen LogP contribution is 2.23. The number of hydrogen-bond acceptors (Lipinski definition) is 35. The summed E-state index contributed by atoms with van der Waals surface area (Å²) in [4.78, 5) is 168. The Kier molecular flexibility index (Phi) is 101. The lowest BCUT2D eigenvalue weighted by Gasteiger charge is -2.30. The Labute approximate surface area is 903 Å². The van der Waals surface area contributed by atoms with Crippen molar-refractivity contribution >= 4 is 142 Å². The zero-order valence-corrected chi connectivity index (χ0v) is 97.5. The van der Waals surface area contributed by atoms with Crippen LogP contribution in [0.25, 0.3) is 0 Å². The summed E-state index contributed by atoms with van der Waals surface area (Å²) in [7, 11) is 0. The van der Waals surface area contributed by atoms with Gasteiger partial charge in [-0.25, -0.2) is 0 Å². The smallest absolute Gasteiger partial charge is 0.309 e. The molecule has 0 aromatic carbocycles. The number of unbranched alkanes of at least 4 members (excludes halogenated alkanes) is 30. The average Bonchev–Trinajstić information content (AvgIpc) is 0.926. The highest BCUT2D eigenvalue weighted by molar-refractivity contribution is 8.00. The molecule has 0 radical (unpaired) electrons. The number of thioether (sulfide) groups is 6. The Morgan fingerprint density at radius 1 is 0.186 bits per heavy atom. The topological polar surface area (TPSA) is 341 Å². The molecule has 0 aliphatic heterocycles. The normalized spacial score (nSPS) is 12.7. The Hall–Kier alpha value is -4.46. The van der Waals surface area contributed by atoms with Crippen LogP contribution in [0.1, 0.15) is 353 Å². The van der Waals surface area contributed by atoms with Gasteiger partial charge in [-0.05, 0) is 73.0 Å². The van der Waals surface area contributed by atoms with E-state index in [2.05, 4.69) is 51.8 Å². The molecular formula is C110H203N5O24S6. The third kappa shape index (κ3) is 91.8. The lowest BCUT2D eigenvalue weighted by molar-refractivity contribution is -0.154. The van der Waals surface area contributed by atoms with E-state index in [0.717, 1.165) is 85.9 Å². The third-order valence-electron chi connectivity index (χ3n) is 24.5. The van der Waals surface area contributed by atoms with E-state index in [4.69, 9.17) is 56.8 Å². The highest BCUT2D eigenvalue weighted by Gasteiger charge is 2.25. The molecule has 0 aliphatic rings. The fourth-order valence-electron chi connectivity index (χ4n) is 15.0. The first-order valence-electron chi connectivity index (χ1n) is 56.3. The zero-order chi connectivity index (χ0) is 107. The molecule has 0 saturated heterocycles. The second-order valence-electron chi connectivity index (χ2n) is 38.4. The van der Waals surface area contributed by atoms with Crippen molar-refractivity contribution < 1.29 is 114 Å². The second kappa shape index (κ2) is 104. The van der Waals surface area contributed by atoms with Crippen LogP contribution < -0.4 is 5.32 Å². The third-order valence-corrected chi connectivity index (χ3v) is 32.4. The summed E-state index contributed by atoms with van der Waals surface area (Å²) in [5.41, 5.74) is 0. The first-order chi connectivity index (χ1) is 70.3. The molecule has 0 rings (SSSR count). The van der Waals surface area contributed by atoms with Crippen LogP contribution in [-0.2, 0) is 114 Å². The molecule has 0 saturated carbocycles. The number of carbonyl (C=O) groups is 12. The van der Waals surface area contributed by atoms with Gasteiger partial charge in [0.2, 0.25) is 0 Å². The summed E-state index contributed by atoms with van der Waals surface area (Å²) in [5, 5.41) is 3.51. The molecule has 0 heterocycles. The molecule has 6 atom stereocenters. The molecular weight excluding hydrogens is 1970 g/mol. The molecule has 848 valence electrons. The van der Waals surface area contributed by atoms with Crippen LogP contribution in [0, 0.1) is 35.5 Å². The summed E-state index contributed by atoms with van der Waals surface area (Å²) in [5.74, 6) is 2.18. The first-order valence-corrected chi connectivity index (χ1v) is 63.3. The van der Waals surface area contributed by atoms with Gasteiger partial charge in [0.1, 0.15) is 79.3 Å². The first kappa shape index (κ1) is 141. The summed E-state index contributed by atoms with van der Waals surface area (Å²) < 4.78 is 66.9. The van der Waals surface area contributed by atoms with Crippen molar-refractivity contribution in [2.45, 2.75) is 353 Å². The van der Waals surface area contributed by atoms with Crippen LogP contribution in [0.15, 0.2) is 0 Å². The van der Waals surface area contributed by atoms with E-state index in [9.17, 15) is 57.5 Å². The fourth-order valence-corrected chi connectivity index (χ4v) is 21.3. The van der Waals surface area contributed by atoms with Crippen molar-refractivity contribution in [1.82, 2.24) is 24.9 Å². The van der Waals surface area contributed by atoms with Gasteiger partial charge < -0.3 is 81.8 Å². The Bertz CT molecular complexity index is 3060. The van der Waals surface area contributed by atoms with Crippen LogP contribution in [-0.4, -0.2) is 331 Å². The molecule has 1 N–H and O–H groups in total. The van der Waals surface area contributed by atoms with Gasteiger partial charge in [0.25, 0.3) is 0 Å². The molecule has 0 spiro atoms. The van der Waals surface area contributed by atoms with E-state index >= 15 is 0 Å². The van der Waals surface area contributed by atoms with Crippen molar-refractivity contribution in [2.75, 3.05) is 240 Å². The van der Waals surface area contributed by atoms with Crippen LogP contribution in [0.5, 0.6) is 0 Å². The lowest BCUT2D eigenvalue weighted by Crippen LogP contribution is -2.44. The van der Waals surface area contributed by atoms with Gasteiger partial charge in [0.05, 0.1) is 74.0 Å². The molecule has 35 heteroatoms. The van der Waals surface area contributed by atoms with Crippen molar-refractivity contribution in [1.29, 1.82) is 0 Å². The Balaban J connectivity index is 7.25. The minimum atomic E-state index is -0.554. The largest absolute Gasteiger partial charge is 0.462 e. The zero-order valence-electron chi connectivity index (χ0n) is 92.6. The molecule has 0 fully saturated rings. The summed E-state index contributed by atoms with van der Waals surface area (Å²) >= 11 is 10.4. The van der Waals surface area contributed by atoms with E-state index in [1.54, 1.807) is 70.6 Å². The van der Waals surface area contributed by atoms with E-state index < -0.39 is 35.8 Å². The molecule has 29 nitrogen and oxygen atoms in total. The Morgan fingerprint density at radius 3 is 0.497 bits per heavy atom. The number of esters is 12. The maximum atomic E-state index is 13.8. The van der Waals surface area contributed by atoms with Crippen molar-refractivity contribution in [2.24, 2.45) is 35.5 Å². The summed E-state index contributed by atoms with van der Waals surface area (Å²) in [6, 6.07) is 0. The maximum Gasteiger partial charge on any atom is 0.309 e. The van der Waals surface area contributed by atoms with Gasteiger partial charge in [-0.15, -0.1) is 0 Å². The van der Waals surface area contributed by atoms with E-state index in [0.29, 0.717) is 73.8 Å². The van der Waals surface area contributed by atoms with Crippen molar-refractivity contribution in [3.63, 3.8) is 0 Å². The molecule has 0 aliphatic carbocycles. The molecule has 0 aromatic heterocycles. The average molecular weight is 2170 g/mol. The molecule has 6 unspecified atom stereocenters. The van der Waals surface area contributed by atoms with Gasteiger partial charge in [0, 0.05) is 126 Å². The number of nitrogens with zero attached hydrogens (tertiary/aromatic N) is 4. The van der Waals surface area contributed by atoms with Gasteiger partial charge in [0.15, 0.2) is 0 Å². The highest BCUT2D eigenvalue weighted by atomic mass is 32.2. The number of rotatable bonds is 108. The summed E-state index contributed by atoms with van der Waals surface area (Å²) in [6.45, 7) is 26.5. The van der Waals surface area contributed by atoms with Crippen molar-refractivity contribution in [3.8, 4) is 0 Å². The van der Waals surface area contributed by atoms with E-state index in [-0.39, 0.29) is 241 Å².